The molecule has 2 aromatic carbocycles. The first-order chi connectivity index (χ1) is 12.5. The average molecular weight is 350 g/mol. The second-order valence-corrected chi connectivity index (χ2v) is 6.18. The smallest absolute Gasteiger partial charge is 0.331 e. The number of carbonyl (C=O) groups is 4. The highest BCUT2D eigenvalue weighted by Gasteiger charge is 2.52. The number of carbonyl (C=O) groups excluding carboxylic acids is 3. The molecule has 3 amide bonds. The van der Waals surface area contributed by atoms with Gasteiger partial charge in [-0.25, -0.2) is 4.79 Å². The van der Waals surface area contributed by atoms with Crippen LogP contribution in [0.5, 0.6) is 0 Å². The number of carboxylic acids is 1. The van der Waals surface area contributed by atoms with E-state index >= 15 is 0 Å². The lowest BCUT2D eigenvalue weighted by atomic mass is 9.97. The summed E-state index contributed by atoms with van der Waals surface area (Å²) in [6.07, 6.45) is 0. The number of aliphatic carboxylic acids is 1. The summed E-state index contributed by atoms with van der Waals surface area (Å²) in [6, 6.07) is 12.7. The first-order valence-corrected chi connectivity index (χ1v) is 8.06. The zero-order chi connectivity index (χ0) is 18.4. The van der Waals surface area contributed by atoms with E-state index in [2.05, 4.69) is 0 Å². The van der Waals surface area contributed by atoms with Crippen LogP contribution in [0.4, 0.5) is 0 Å². The van der Waals surface area contributed by atoms with Crippen LogP contribution in [0, 0.1) is 0 Å². The van der Waals surface area contributed by atoms with Crippen LogP contribution in [0.15, 0.2) is 54.6 Å². The fourth-order valence-corrected chi connectivity index (χ4v) is 3.44. The number of hydrogen-bond donors (Lipinski definition) is 1. The van der Waals surface area contributed by atoms with Gasteiger partial charge < -0.3 is 10.0 Å². The number of amides is 3. The highest BCUT2D eigenvalue weighted by molar-refractivity contribution is 6.23. The lowest BCUT2D eigenvalue weighted by molar-refractivity contribution is -0.161. The van der Waals surface area contributed by atoms with Gasteiger partial charge in [-0.15, -0.1) is 0 Å². The van der Waals surface area contributed by atoms with Crippen molar-refractivity contribution >= 4 is 23.7 Å². The van der Waals surface area contributed by atoms with E-state index in [1.54, 1.807) is 54.6 Å². The van der Waals surface area contributed by atoms with Gasteiger partial charge in [-0.1, -0.05) is 42.5 Å². The summed E-state index contributed by atoms with van der Waals surface area (Å²) in [5, 5.41) is 9.54. The van der Waals surface area contributed by atoms with Gasteiger partial charge in [0.25, 0.3) is 11.8 Å². The summed E-state index contributed by atoms with van der Waals surface area (Å²) in [6.45, 7) is -0.00381. The van der Waals surface area contributed by atoms with Crippen LogP contribution in [0.1, 0.15) is 32.3 Å². The van der Waals surface area contributed by atoms with Gasteiger partial charge in [0.1, 0.15) is 6.04 Å². The molecule has 2 unspecified atom stereocenters. The van der Waals surface area contributed by atoms with E-state index < -0.39 is 35.8 Å². The fraction of sp³-hybridized carbons (Fsp3) is 0.158. The molecule has 0 bridgehead atoms. The van der Waals surface area contributed by atoms with E-state index in [9.17, 15) is 24.3 Å². The van der Waals surface area contributed by atoms with Gasteiger partial charge in [0, 0.05) is 0 Å². The molecule has 1 N–H and O–H groups in total. The highest BCUT2D eigenvalue weighted by atomic mass is 16.4. The molecule has 1 fully saturated rings. The van der Waals surface area contributed by atoms with Crippen molar-refractivity contribution in [3.05, 3.63) is 71.3 Å². The van der Waals surface area contributed by atoms with Gasteiger partial charge in [-0.3, -0.25) is 19.3 Å². The second kappa shape index (κ2) is 5.80. The van der Waals surface area contributed by atoms with Crippen molar-refractivity contribution in [2.45, 2.75) is 12.1 Å². The normalized spacial score (nSPS) is 20.0. The summed E-state index contributed by atoms with van der Waals surface area (Å²) in [5.41, 5.74) is 0.998. The Bertz CT molecular complexity index is 905. The number of likely N-dealkylation sites (tertiary alicyclic amines) is 1. The third-order valence-corrected chi connectivity index (χ3v) is 4.74. The Hall–Kier alpha value is -3.48. The summed E-state index contributed by atoms with van der Waals surface area (Å²) in [4.78, 5) is 51.4. The first kappa shape index (κ1) is 16.0. The predicted molar refractivity (Wildman–Crippen MR) is 89.3 cm³/mol. The molecule has 2 aromatic rings. The monoisotopic (exact) mass is 350 g/mol. The molecule has 1 saturated heterocycles. The molecule has 0 saturated carbocycles. The number of fused-ring (bicyclic) bond motifs is 1. The topological polar surface area (TPSA) is 95.0 Å². The number of hydrogen-bond acceptors (Lipinski definition) is 4. The van der Waals surface area contributed by atoms with Crippen LogP contribution in [-0.4, -0.2) is 51.2 Å². The maximum atomic E-state index is 12.6. The molecular formula is C19H14N2O5. The lowest BCUT2D eigenvalue weighted by Crippen LogP contribution is -2.66. The van der Waals surface area contributed by atoms with E-state index in [1.165, 1.54) is 4.90 Å². The van der Waals surface area contributed by atoms with Gasteiger partial charge in [0.05, 0.1) is 17.7 Å². The molecule has 2 aliphatic heterocycles. The Morgan fingerprint density at radius 1 is 0.923 bits per heavy atom. The Kier molecular flexibility index (Phi) is 3.57. The largest absolute Gasteiger partial charge is 0.479 e. The number of rotatable bonds is 4. The van der Waals surface area contributed by atoms with Crippen LogP contribution in [0.2, 0.25) is 0 Å². The Balaban J connectivity index is 1.59. The molecule has 0 spiro atoms. The van der Waals surface area contributed by atoms with E-state index in [1.807, 2.05) is 0 Å². The molecule has 4 rings (SSSR count). The molecule has 2 heterocycles. The molecule has 0 aliphatic carbocycles. The Labute approximate surface area is 148 Å². The van der Waals surface area contributed by atoms with Crippen molar-refractivity contribution in [1.82, 2.24) is 9.80 Å². The van der Waals surface area contributed by atoms with Crippen molar-refractivity contribution in [3.8, 4) is 0 Å². The van der Waals surface area contributed by atoms with Crippen LogP contribution in [-0.2, 0) is 9.59 Å². The predicted octanol–water partition coefficient (Wildman–Crippen LogP) is 1.32. The van der Waals surface area contributed by atoms with Crippen LogP contribution in [0.25, 0.3) is 0 Å². The molecule has 26 heavy (non-hydrogen) atoms. The number of β-lactam (4-membered cyclic amide) rings is 1. The molecule has 2 atom stereocenters. The van der Waals surface area contributed by atoms with E-state index in [0.717, 1.165) is 4.90 Å². The number of nitrogens with zero attached hydrogens (tertiary/aromatic N) is 2. The van der Waals surface area contributed by atoms with E-state index in [4.69, 9.17) is 0 Å². The van der Waals surface area contributed by atoms with Gasteiger partial charge >= 0.3 is 5.97 Å². The minimum Gasteiger partial charge on any atom is -0.479 e. The van der Waals surface area contributed by atoms with Crippen molar-refractivity contribution in [1.29, 1.82) is 0 Å². The Morgan fingerprint density at radius 3 is 1.96 bits per heavy atom. The molecule has 7 heteroatoms. The summed E-state index contributed by atoms with van der Waals surface area (Å²) in [5.74, 6) is -2.74. The molecule has 130 valence electrons. The maximum absolute atomic E-state index is 12.6. The lowest BCUT2D eigenvalue weighted by Gasteiger charge is -2.44. The zero-order valence-electron chi connectivity index (χ0n) is 13.5. The SMILES string of the molecule is O=C(O)C(c1ccccc1)N1CC(N2C(=O)c3ccccc3C2=O)C1=O. The Morgan fingerprint density at radius 2 is 1.46 bits per heavy atom. The van der Waals surface area contributed by atoms with Crippen LogP contribution in [0.3, 0.4) is 0 Å². The average Bonchev–Trinajstić information content (AvgIpc) is 2.90. The third kappa shape index (κ3) is 2.21. The van der Waals surface area contributed by atoms with Crippen molar-refractivity contribution < 1.29 is 24.3 Å². The second-order valence-electron chi connectivity index (χ2n) is 6.18. The van der Waals surface area contributed by atoms with Crippen molar-refractivity contribution in [2.24, 2.45) is 0 Å². The van der Waals surface area contributed by atoms with Gasteiger partial charge in [0.15, 0.2) is 6.04 Å². The number of benzene rings is 2. The van der Waals surface area contributed by atoms with Crippen LogP contribution >= 0.6 is 0 Å². The van der Waals surface area contributed by atoms with Crippen molar-refractivity contribution in [2.75, 3.05) is 6.54 Å². The molecule has 0 radical (unpaired) electrons. The molecule has 0 aromatic heterocycles. The van der Waals surface area contributed by atoms with Gasteiger partial charge in [0.2, 0.25) is 5.91 Å². The third-order valence-electron chi connectivity index (χ3n) is 4.74. The zero-order valence-corrected chi connectivity index (χ0v) is 13.5. The summed E-state index contributed by atoms with van der Waals surface area (Å²) in [7, 11) is 0. The van der Waals surface area contributed by atoms with E-state index in [0.29, 0.717) is 5.56 Å². The fourth-order valence-electron chi connectivity index (χ4n) is 3.44. The van der Waals surface area contributed by atoms with Crippen molar-refractivity contribution in [3.63, 3.8) is 0 Å². The van der Waals surface area contributed by atoms with Gasteiger partial charge in [-0.05, 0) is 17.7 Å². The van der Waals surface area contributed by atoms with E-state index in [-0.39, 0.29) is 17.7 Å². The first-order valence-electron chi connectivity index (χ1n) is 8.06. The summed E-state index contributed by atoms with van der Waals surface area (Å²) < 4.78 is 0. The van der Waals surface area contributed by atoms with Crippen LogP contribution < -0.4 is 0 Å². The number of carboxylic acid groups (broad SMARTS) is 1. The molecule has 2 aliphatic rings. The van der Waals surface area contributed by atoms with Gasteiger partial charge in [-0.2, -0.15) is 0 Å². The minimum atomic E-state index is -1.16. The molecular weight excluding hydrogens is 336 g/mol. The quantitative estimate of drug-likeness (QED) is 0.663. The summed E-state index contributed by atoms with van der Waals surface area (Å²) >= 11 is 0. The molecule has 7 nitrogen and oxygen atoms in total. The maximum Gasteiger partial charge on any atom is 0.331 e. The minimum absolute atomic E-state index is 0.00381. The number of imide groups is 1. The standard InChI is InChI=1S/C19H14N2O5/c22-16-12-8-4-5-9-13(12)17(23)21(16)14-10-20(18(14)24)15(19(25)26)11-6-2-1-3-7-11/h1-9,14-15H,10H2,(H,25,26). The highest BCUT2D eigenvalue weighted by Crippen LogP contribution is 2.33.